The minimum atomic E-state index is -0.396. The minimum Gasteiger partial charge on any atom is -0.493 e. The maximum Gasteiger partial charge on any atom is 0.331 e. The fraction of sp³-hybridized carbons (Fsp3) is 0.150. The molecule has 0 saturated carbocycles. The van der Waals surface area contributed by atoms with Crippen LogP contribution in [0, 0.1) is 0 Å². The summed E-state index contributed by atoms with van der Waals surface area (Å²) in [5.41, 5.74) is 2.92. The predicted molar refractivity (Wildman–Crippen MR) is 90.7 cm³/mol. The number of hydrogen-bond donors (Lipinski definition) is 0. The number of hydrogen-bond acceptors (Lipinski definition) is 4. The first kappa shape index (κ1) is 14.6. The van der Waals surface area contributed by atoms with E-state index in [1.165, 1.54) is 11.6 Å². The highest BCUT2D eigenvalue weighted by Gasteiger charge is 2.11. The normalized spacial score (nSPS) is 13.2. The van der Waals surface area contributed by atoms with Gasteiger partial charge in [-0.25, -0.2) is 4.79 Å². The smallest absolute Gasteiger partial charge is 0.331 e. The van der Waals surface area contributed by atoms with Gasteiger partial charge in [0.05, 0.1) is 6.61 Å². The van der Waals surface area contributed by atoms with Crippen molar-refractivity contribution in [2.45, 2.75) is 13.0 Å². The van der Waals surface area contributed by atoms with Gasteiger partial charge in [0, 0.05) is 17.9 Å². The first-order valence-corrected chi connectivity index (χ1v) is 7.86. The summed E-state index contributed by atoms with van der Waals surface area (Å²) >= 11 is 0. The molecular weight excluding hydrogens is 304 g/mol. The zero-order valence-corrected chi connectivity index (χ0v) is 13.0. The molecule has 1 aliphatic heterocycles. The van der Waals surface area contributed by atoms with Crippen LogP contribution in [0.5, 0.6) is 5.75 Å². The lowest BCUT2D eigenvalue weighted by Crippen LogP contribution is -1.99. The molecule has 3 aromatic rings. The van der Waals surface area contributed by atoms with E-state index in [2.05, 4.69) is 0 Å². The molecule has 4 heteroatoms. The molecule has 0 spiro atoms. The first-order valence-electron chi connectivity index (χ1n) is 7.86. The Morgan fingerprint density at radius 1 is 1.17 bits per heavy atom. The molecule has 1 aromatic heterocycles. The predicted octanol–water partition coefficient (Wildman–Crippen LogP) is 4.12. The number of carbonyl (C=O) groups is 1. The van der Waals surface area contributed by atoms with Crippen LogP contribution >= 0.6 is 0 Å². The van der Waals surface area contributed by atoms with E-state index in [1.807, 2.05) is 48.5 Å². The van der Waals surface area contributed by atoms with E-state index in [0.717, 1.165) is 35.3 Å². The molecule has 0 atom stereocenters. The van der Waals surface area contributed by atoms with Crippen molar-refractivity contribution in [3.05, 3.63) is 71.5 Å². The molecule has 120 valence electrons. The number of para-hydroxylation sites is 1. The van der Waals surface area contributed by atoms with E-state index in [-0.39, 0.29) is 6.61 Å². The van der Waals surface area contributed by atoms with Gasteiger partial charge in [0.1, 0.15) is 23.7 Å². The maximum atomic E-state index is 11.9. The highest BCUT2D eigenvalue weighted by Crippen LogP contribution is 2.26. The van der Waals surface area contributed by atoms with E-state index in [4.69, 9.17) is 13.9 Å². The number of esters is 1. The second-order valence-electron chi connectivity index (χ2n) is 5.66. The molecule has 0 saturated heterocycles. The number of benzene rings is 2. The number of rotatable bonds is 4. The quantitative estimate of drug-likeness (QED) is 0.536. The van der Waals surface area contributed by atoms with Gasteiger partial charge < -0.3 is 13.9 Å². The van der Waals surface area contributed by atoms with Gasteiger partial charge in [0.25, 0.3) is 0 Å². The average Bonchev–Trinajstić information content (AvgIpc) is 3.23. The summed E-state index contributed by atoms with van der Waals surface area (Å²) in [6, 6.07) is 15.5. The molecule has 0 fully saturated rings. The summed E-state index contributed by atoms with van der Waals surface area (Å²) in [4.78, 5) is 11.9. The van der Waals surface area contributed by atoms with E-state index >= 15 is 0 Å². The Morgan fingerprint density at radius 3 is 3.00 bits per heavy atom. The van der Waals surface area contributed by atoms with Crippen molar-refractivity contribution in [1.82, 2.24) is 0 Å². The summed E-state index contributed by atoms with van der Waals surface area (Å²) in [7, 11) is 0. The molecule has 0 N–H and O–H groups in total. The topological polar surface area (TPSA) is 48.7 Å². The van der Waals surface area contributed by atoms with Gasteiger partial charge in [0.2, 0.25) is 0 Å². The van der Waals surface area contributed by atoms with Crippen LogP contribution in [-0.2, 0) is 22.6 Å². The van der Waals surface area contributed by atoms with Crippen molar-refractivity contribution in [1.29, 1.82) is 0 Å². The van der Waals surface area contributed by atoms with Gasteiger partial charge in [-0.2, -0.15) is 0 Å². The van der Waals surface area contributed by atoms with Crippen molar-refractivity contribution in [2.75, 3.05) is 6.61 Å². The Bertz CT molecular complexity index is 887. The third-order valence-electron chi connectivity index (χ3n) is 3.96. The van der Waals surface area contributed by atoms with Crippen LogP contribution in [0.4, 0.5) is 0 Å². The lowest BCUT2D eigenvalue weighted by Gasteiger charge is -2.00. The van der Waals surface area contributed by atoms with Crippen molar-refractivity contribution in [2.24, 2.45) is 0 Å². The average molecular weight is 320 g/mol. The van der Waals surface area contributed by atoms with E-state index in [0.29, 0.717) is 5.76 Å². The van der Waals surface area contributed by atoms with Crippen molar-refractivity contribution < 1.29 is 18.7 Å². The van der Waals surface area contributed by atoms with Crippen LogP contribution in [0.25, 0.3) is 17.0 Å². The van der Waals surface area contributed by atoms with Crippen LogP contribution < -0.4 is 4.74 Å². The standard InChI is InChI=1S/C20H16O4/c21-20(8-6-14-5-7-18-16(11-14)9-10-22-18)23-13-17-12-15-3-1-2-4-19(15)24-17/h1-8,11-12H,9-10,13H2/b8-6+. The van der Waals surface area contributed by atoms with Gasteiger partial charge in [-0.3, -0.25) is 0 Å². The Hall–Kier alpha value is -3.01. The largest absolute Gasteiger partial charge is 0.493 e. The lowest BCUT2D eigenvalue weighted by atomic mass is 10.1. The summed E-state index contributed by atoms with van der Waals surface area (Å²) in [6.07, 6.45) is 4.09. The molecule has 0 radical (unpaired) electrons. The number of ether oxygens (including phenoxy) is 2. The second-order valence-corrected chi connectivity index (χ2v) is 5.66. The molecule has 0 bridgehead atoms. The molecular formula is C20H16O4. The van der Waals surface area contributed by atoms with Crippen LogP contribution in [0.15, 0.2) is 59.0 Å². The summed E-state index contributed by atoms with van der Waals surface area (Å²) < 4.78 is 16.3. The Balaban J connectivity index is 1.37. The Labute approximate surface area is 139 Å². The van der Waals surface area contributed by atoms with Crippen LogP contribution in [0.1, 0.15) is 16.9 Å². The SMILES string of the molecule is O=C(/C=C/c1ccc2c(c1)CCO2)OCc1cc2ccccc2o1. The van der Waals surface area contributed by atoms with Gasteiger partial charge in [-0.1, -0.05) is 24.3 Å². The van der Waals surface area contributed by atoms with E-state index in [1.54, 1.807) is 6.08 Å². The van der Waals surface area contributed by atoms with Crippen molar-refractivity contribution >= 4 is 23.0 Å². The second kappa shape index (κ2) is 6.24. The van der Waals surface area contributed by atoms with Gasteiger partial charge in [0.15, 0.2) is 0 Å². The number of furan rings is 1. The van der Waals surface area contributed by atoms with Crippen LogP contribution in [-0.4, -0.2) is 12.6 Å². The lowest BCUT2D eigenvalue weighted by molar-refractivity contribution is -0.139. The maximum absolute atomic E-state index is 11.9. The highest BCUT2D eigenvalue weighted by atomic mass is 16.5. The van der Waals surface area contributed by atoms with Crippen molar-refractivity contribution in [3.63, 3.8) is 0 Å². The summed E-state index contributed by atoms with van der Waals surface area (Å²) in [5.74, 6) is 1.17. The molecule has 4 nitrogen and oxygen atoms in total. The van der Waals surface area contributed by atoms with Gasteiger partial charge >= 0.3 is 5.97 Å². The Morgan fingerprint density at radius 2 is 2.08 bits per heavy atom. The molecule has 2 heterocycles. The summed E-state index contributed by atoms with van der Waals surface area (Å²) in [5, 5.41) is 0.999. The highest BCUT2D eigenvalue weighted by molar-refractivity contribution is 5.87. The molecule has 4 rings (SSSR count). The van der Waals surface area contributed by atoms with Crippen molar-refractivity contribution in [3.8, 4) is 5.75 Å². The molecule has 1 aliphatic rings. The van der Waals surface area contributed by atoms with Gasteiger partial charge in [-0.05, 0) is 41.5 Å². The van der Waals surface area contributed by atoms with Gasteiger partial charge in [-0.15, -0.1) is 0 Å². The van der Waals surface area contributed by atoms with Crippen LogP contribution in [0.3, 0.4) is 0 Å². The number of fused-ring (bicyclic) bond motifs is 2. The molecule has 0 unspecified atom stereocenters. The monoisotopic (exact) mass is 320 g/mol. The molecule has 2 aromatic carbocycles. The molecule has 0 aliphatic carbocycles. The fourth-order valence-corrected chi connectivity index (χ4v) is 2.77. The first-order chi connectivity index (χ1) is 11.8. The third kappa shape index (κ3) is 3.04. The third-order valence-corrected chi connectivity index (χ3v) is 3.96. The fourth-order valence-electron chi connectivity index (χ4n) is 2.77. The molecule has 0 amide bonds. The van der Waals surface area contributed by atoms with E-state index < -0.39 is 5.97 Å². The summed E-state index contributed by atoms with van der Waals surface area (Å²) in [6.45, 7) is 0.845. The van der Waals surface area contributed by atoms with Crippen LogP contribution in [0.2, 0.25) is 0 Å². The zero-order chi connectivity index (χ0) is 16.4. The van der Waals surface area contributed by atoms with E-state index in [9.17, 15) is 4.79 Å². The molecule has 24 heavy (non-hydrogen) atoms. The zero-order valence-electron chi connectivity index (χ0n) is 13.0. The Kier molecular flexibility index (Phi) is 3.79. The minimum absolute atomic E-state index is 0.121. The number of carbonyl (C=O) groups excluding carboxylic acids is 1.